The fourth-order valence-electron chi connectivity index (χ4n) is 3.24. The number of hydrogen-bond donors (Lipinski definition) is 0. The minimum absolute atomic E-state index is 0.625. The third-order valence-corrected chi connectivity index (χ3v) is 9.56. The summed E-state index contributed by atoms with van der Waals surface area (Å²) in [7, 11) is 3.72. The molecule has 0 saturated carbocycles. The Kier molecular flexibility index (Phi) is 15.5. The summed E-state index contributed by atoms with van der Waals surface area (Å²) in [4.78, 5) is 5.22. The number of hydrogen-bond acceptors (Lipinski definition) is 5. The molecular formula is C18H42N2O3Si2. The summed E-state index contributed by atoms with van der Waals surface area (Å²) in [5.41, 5.74) is 0. The molecular weight excluding hydrogens is 348 g/mol. The molecule has 0 aliphatic carbocycles. The van der Waals surface area contributed by atoms with E-state index in [1.807, 2.05) is 0 Å². The molecule has 0 spiro atoms. The van der Waals surface area contributed by atoms with Gasteiger partial charge >= 0.3 is 8.80 Å². The first kappa shape index (κ1) is 25.2. The maximum Gasteiger partial charge on any atom is 0.500 e. The smallest absolute Gasteiger partial charge is 0.377 e. The minimum Gasteiger partial charge on any atom is -0.377 e. The number of nitrogens with zero attached hydrogens (tertiary/aromatic N) is 2. The third kappa shape index (κ3) is 9.12. The summed E-state index contributed by atoms with van der Waals surface area (Å²) >= 11 is 0. The Morgan fingerprint density at radius 2 is 1.16 bits per heavy atom. The molecule has 0 N–H and O–H groups in total. The largest absolute Gasteiger partial charge is 0.500 e. The van der Waals surface area contributed by atoms with Crippen LogP contribution in [0.4, 0.5) is 0 Å². The van der Waals surface area contributed by atoms with Gasteiger partial charge in [0.15, 0.2) is 0 Å². The maximum atomic E-state index is 5.48. The monoisotopic (exact) mass is 390 g/mol. The molecule has 0 aromatic heterocycles. The zero-order valence-electron chi connectivity index (χ0n) is 17.8. The van der Waals surface area contributed by atoms with Crippen molar-refractivity contribution in [3.63, 3.8) is 0 Å². The first-order valence-corrected chi connectivity index (χ1v) is 13.2. The Morgan fingerprint density at radius 3 is 1.56 bits per heavy atom. The van der Waals surface area contributed by atoms with Gasteiger partial charge in [0, 0.05) is 33.2 Å². The predicted molar refractivity (Wildman–Crippen MR) is 110 cm³/mol. The van der Waals surface area contributed by atoms with Gasteiger partial charge in [0.05, 0.1) is 9.52 Å². The van der Waals surface area contributed by atoms with Gasteiger partial charge in [0.2, 0.25) is 0 Å². The molecule has 25 heavy (non-hydrogen) atoms. The van der Waals surface area contributed by atoms with Crippen LogP contribution < -0.4 is 0 Å². The summed E-state index contributed by atoms with van der Waals surface area (Å²) in [6.07, 6.45) is 4.97. The lowest BCUT2D eigenvalue weighted by Gasteiger charge is -2.38. The van der Waals surface area contributed by atoms with Crippen LogP contribution in [0, 0.1) is 0 Å². The lowest BCUT2D eigenvalue weighted by molar-refractivity contribution is 0.114. The Labute approximate surface area is 160 Å². The van der Waals surface area contributed by atoms with Crippen LogP contribution >= 0.6 is 0 Å². The topological polar surface area (TPSA) is 34.2 Å². The van der Waals surface area contributed by atoms with Crippen molar-refractivity contribution >= 4 is 18.3 Å². The van der Waals surface area contributed by atoms with Gasteiger partial charge in [-0.15, -0.1) is 0 Å². The van der Waals surface area contributed by atoms with E-state index < -0.39 is 8.80 Å². The van der Waals surface area contributed by atoms with E-state index in [4.69, 9.17) is 13.3 Å². The average molecular weight is 391 g/mol. The van der Waals surface area contributed by atoms with E-state index in [0.29, 0.717) is 5.79 Å². The van der Waals surface area contributed by atoms with Crippen LogP contribution in [0.1, 0.15) is 53.4 Å². The van der Waals surface area contributed by atoms with Crippen molar-refractivity contribution in [3.8, 4) is 0 Å². The lowest BCUT2D eigenvalue weighted by Crippen LogP contribution is -2.51. The first-order chi connectivity index (χ1) is 12.1. The molecule has 0 amide bonds. The fourth-order valence-corrected chi connectivity index (χ4v) is 6.99. The zero-order chi connectivity index (χ0) is 19.1. The van der Waals surface area contributed by atoms with Crippen molar-refractivity contribution in [1.29, 1.82) is 0 Å². The van der Waals surface area contributed by atoms with Gasteiger partial charge < -0.3 is 13.3 Å². The van der Waals surface area contributed by atoms with E-state index in [-0.39, 0.29) is 0 Å². The quantitative estimate of drug-likeness (QED) is 0.216. The van der Waals surface area contributed by atoms with Crippen LogP contribution in [0.2, 0.25) is 12.1 Å². The maximum absolute atomic E-state index is 5.48. The Hall–Kier alpha value is 0.234. The average Bonchev–Trinajstić information content (AvgIpc) is 2.66. The number of rotatable bonds is 17. The van der Waals surface area contributed by atoms with Gasteiger partial charge in [-0.05, 0) is 32.6 Å². The summed E-state index contributed by atoms with van der Waals surface area (Å²) in [5.74, 6) is 0.625. The van der Waals surface area contributed by atoms with Gasteiger partial charge in [-0.2, -0.15) is 0 Å². The van der Waals surface area contributed by atoms with Crippen LogP contribution in [0.5, 0.6) is 0 Å². The normalized spacial score (nSPS) is 12.7. The summed E-state index contributed by atoms with van der Waals surface area (Å²) in [5, 5.41) is 0. The van der Waals surface area contributed by atoms with E-state index >= 15 is 0 Å². The molecule has 0 aromatic rings. The molecule has 0 atom stereocenters. The molecule has 0 bridgehead atoms. The second-order valence-electron chi connectivity index (χ2n) is 6.23. The second kappa shape index (κ2) is 15.3. The van der Waals surface area contributed by atoms with Crippen LogP contribution in [0.15, 0.2) is 0 Å². The highest BCUT2D eigenvalue weighted by molar-refractivity contribution is 6.60. The molecule has 0 rings (SSSR count). The Morgan fingerprint density at radius 1 is 0.720 bits per heavy atom. The van der Waals surface area contributed by atoms with Crippen molar-refractivity contribution in [2.75, 3.05) is 47.5 Å². The van der Waals surface area contributed by atoms with Gasteiger partial charge in [0.1, 0.15) is 0 Å². The lowest BCUT2D eigenvalue weighted by atomic mass is 10.2. The molecule has 7 heteroatoms. The Balaban J connectivity index is 4.13. The summed E-state index contributed by atoms with van der Waals surface area (Å²) in [6.45, 7) is 13.7. The summed E-state index contributed by atoms with van der Waals surface area (Å²) in [6, 6.07) is 2.25. The van der Waals surface area contributed by atoms with E-state index in [1.165, 1.54) is 25.3 Å². The van der Waals surface area contributed by atoms with Crippen LogP contribution in [0.25, 0.3) is 0 Å². The van der Waals surface area contributed by atoms with Gasteiger partial charge in [-0.1, -0.05) is 53.0 Å². The highest BCUT2D eigenvalue weighted by Gasteiger charge is 2.36. The first-order valence-electron chi connectivity index (χ1n) is 9.94. The van der Waals surface area contributed by atoms with E-state index in [1.54, 1.807) is 21.3 Å². The zero-order valence-corrected chi connectivity index (χ0v) is 19.8. The van der Waals surface area contributed by atoms with Crippen molar-refractivity contribution < 1.29 is 13.3 Å². The van der Waals surface area contributed by atoms with E-state index in [0.717, 1.165) is 48.2 Å². The van der Waals surface area contributed by atoms with Crippen LogP contribution in [-0.4, -0.2) is 81.4 Å². The van der Waals surface area contributed by atoms with E-state index in [9.17, 15) is 0 Å². The van der Waals surface area contributed by atoms with Crippen molar-refractivity contribution in [2.45, 2.75) is 71.3 Å². The van der Waals surface area contributed by atoms with Crippen molar-refractivity contribution in [3.05, 3.63) is 0 Å². The predicted octanol–water partition coefficient (Wildman–Crippen LogP) is 3.51. The highest BCUT2D eigenvalue weighted by Crippen LogP contribution is 2.18. The standard InChI is InChI=1S/C18H42N2O3Si2/c1-8-19(9-2)18(20(10-3)11-4)24-16-14-12-13-15-17-25(21-5,22-6)23-7/h18H,8-17H2,1-7H3. The summed E-state index contributed by atoms with van der Waals surface area (Å²) < 4.78 is 16.4. The van der Waals surface area contributed by atoms with Crippen molar-refractivity contribution in [2.24, 2.45) is 0 Å². The molecule has 150 valence electrons. The van der Waals surface area contributed by atoms with Gasteiger partial charge in [-0.3, -0.25) is 9.80 Å². The van der Waals surface area contributed by atoms with Crippen molar-refractivity contribution in [1.82, 2.24) is 9.80 Å². The minimum atomic E-state index is -2.36. The van der Waals surface area contributed by atoms with Crippen LogP contribution in [0.3, 0.4) is 0 Å². The molecule has 5 nitrogen and oxygen atoms in total. The van der Waals surface area contributed by atoms with Crippen LogP contribution in [-0.2, 0) is 13.3 Å². The molecule has 2 radical (unpaired) electrons. The molecule has 0 saturated heterocycles. The molecule has 0 aliphatic heterocycles. The second-order valence-corrected chi connectivity index (χ2v) is 10.7. The molecule has 0 heterocycles. The Bertz CT molecular complexity index is 280. The number of unbranched alkanes of at least 4 members (excludes halogenated alkanes) is 3. The SMILES string of the molecule is CCN(CC)C([Si]CCCCCC[Si](OC)(OC)OC)N(CC)CC. The van der Waals surface area contributed by atoms with Gasteiger partial charge in [0.25, 0.3) is 0 Å². The molecule has 0 unspecified atom stereocenters. The van der Waals surface area contributed by atoms with E-state index in [2.05, 4.69) is 37.5 Å². The van der Waals surface area contributed by atoms with Gasteiger partial charge in [-0.25, -0.2) is 0 Å². The molecule has 0 fully saturated rings. The third-order valence-electron chi connectivity index (χ3n) is 4.99. The highest BCUT2D eigenvalue weighted by atomic mass is 28.4. The fraction of sp³-hybridized carbons (Fsp3) is 1.00. The molecule has 0 aromatic carbocycles. The molecule has 0 aliphatic rings.